The van der Waals surface area contributed by atoms with Crippen LogP contribution in [0.15, 0.2) is 41.4 Å². The summed E-state index contributed by atoms with van der Waals surface area (Å²) in [5.74, 6) is 0.976. The average Bonchev–Trinajstić information content (AvgIpc) is 2.44. The van der Waals surface area contributed by atoms with Gasteiger partial charge < -0.3 is 5.73 Å². The number of hydrogen-bond donors (Lipinski definition) is 1. The smallest absolute Gasteiger partial charge is 0.0571 e. The summed E-state index contributed by atoms with van der Waals surface area (Å²) in [6.45, 7) is 6.36. The molecule has 2 N–H and O–H groups in total. The summed E-state index contributed by atoms with van der Waals surface area (Å²) in [5, 5.41) is 0. The van der Waals surface area contributed by atoms with E-state index < -0.39 is 0 Å². The number of aromatic nitrogens is 1. The molecule has 0 aliphatic heterocycles. The summed E-state index contributed by atoms with van der Waals surface area (Å²) in [4.78, 5) is 5.64. The molecule has 0 aliphatic carbocycles. The van der Waals surface area contributed by atoms with Gasteiger partial charge in [0.25, 0.3) is 0 Å². The van der Waals surface area contributed by atoms with Crippen LogP contribution in [-0.4, -0.2) is 4.98 Å². The van der Waals surface area contributed by atoms with Crippen molar-refractivity contribution in [3.05, 3.63) is 58.9 Å². The van der Waals surface area contributed by atoms with E-state index in [1.807, 2.05) is 24.0 Å². The SMILES string of the molecule is CC[C@H](N)c1ccc(SCc2cc(C)cc(C)c2)cn1. The maximum Gasteiger partial charge on any atom is 0.0571 e. The van der Waals surface area contributed by atoms with Crippen molar-refractivity contribution < 1.29 is 0 Å². The second kappa shape index (κ2) is 6.91. The largest absolute Gasteiger partial charge is 0.323 e. The number of rotatable bonds is 5. The number of benzene rings is 1. The highest BCUT2D eigenvalue weighted by Crippen LogP contribution is 2.24. The molecule has 0 unspecified atom stereocenters. The van der Waals surface area contributed by atoms with Gasteiger partial charge in [0.1, 0.15) is 0 Å². The molecule has 1 atom stereocenters. The summed E-state index contributed by atoms with van der Waals surface area (Å²) < 4.78 is 0. The summed E-state index contributed by atoms with van der Waals surface area (Å²) in [6, 6.07) is 10.9. The van der Waals surface area contributed by atoms with Gasteiger partial charge in [-0.1, -0.05) is 36.2 Å². The molecule has 0 saturated carbocycles. The Morgan fingerprint density at radius 2 is 1.85 bits per heavy atom. The molecule has 0 bridgehead atoms. The highest BCUT2D eigenvalue weighted by molar-refractivity contribution is 7.98. The van der Waals surface area contributed by atoms with Crippen LogP contribution in [0.2, 0.25) is 0 Å². The Bertz CT molecular complexity index is 543. The van der Waals surface area contributed by atoms with Crippen molar-refractivity contribution in [3.63, 3.8) is 0 Å². The lowest BCUT2D eigenvalue weighted by molar-refractivity contribution is 0.674. The summed E-state index contributed by atoms with van der Waals surface area (Å²) in [5.41, 5.74) is 11.0. The molecule has 2 nitrogen and oxygen atoms in total. The Hall–Kier alpha value is -1.32. The molecule has 106 valence electrons. The second-order valence-corrected chi connectivity index (χ2v) is 6.27. The number of pyridine rings is 1. The first-order valence-corrected chi connectivity index (χ1v) is 7.98. The highest BCUT2D eigenvalue weighted by atomic mass is 32.2. The first-order chi connectivity index (χ1) is 9.58. The van der Waals surface area contributed by atoms with E-state index in [0.717, 1.165) is 17.9 Å². The van der Waals surface area contributed by atoms with E-state index in [0.29, 0.717) is 0 Å². The normalized spacial score (nSPS) is 12.4. The number of aryl methyl sites for hydroxylation is 2. The van der Waals surface area contributed by atoms with Crippen LogP contribution in [0.3, 0.4) is 0 Å². The van der Waals surface area contributed by atoms with Gasteiger partial charge in [0.05, 0.1) is 5.69 Å². The zero-order valence-electron chi connectivity index (χ0n) is 12.4. The summed E-state index contributed by atoms with van der Waals surface area (Å²) >= 11 is 1.82. The lowest BCUT2D eigenvalue weighted by Gasteiger charge is -2.09. The van der Waals surface area contributed by atoms with E-state index in [4.69, 9.17) is 5.73 Å². The Balaban J connectivity index is 2.00. The first kappa shape index (κ1) is 15.1. The van der Waals surface area contributed by atoms with Crippen molar-refractivity contribution in [2.75, 3.05) is 0 Å². The first-order valence-electron chi connectivity index (χ1n) is 7.00. The molecule has 0 saturated heterocycles. The van der Waals surface area contributed by atoms with E-state index >= 15 is 0 Å². The summed E-state index contributed by atoms with van der Waals surface area (Å²) in [6.07, 6.45) is 2.85. The van der Waals surface area contributed by atoms with Crippen molar-refractivity contribution in [3.8, 4) is 0 Å². The molecule has 0 amide bonds. The van der Waals surface area contributed by atoms with Gasteiger partial charge in [0.15, 0.2) is 0 Å². The molecule has 1 heterocycles. The Kier molecular flexibility index (Phi) is 5.21. The van der Waals surface area contributed by atoms with Crippen LogP contribution in [0.4, 0.5) is 0 Å². The Labute approximate surface area is 125 Å². The zero-order valence-corrected chi connectivity index (χ0v) is 13.2. The minimum atomic E-state index is 0.0495. The third-order valence-corrected chi connectivity index (χ3v) is 4.32. The van der Waals surface area contributed by atoms with Crippen LogP contribution in [-0.2, 0) is 5.75 Å². The monoisotopic (exact) mass is 286 g/mol. The van der Waals surface area contributed by atoms with Gasteiger partial charge in [-0.15, -0.1) is 11.8 Å². The van der Waals surface area contributed by atoms with Gasteiger partial charge in [-0.05, 0) is 38.0 Å². The van der Waals surface area contributed by atoms with Gasteiger partial charge in [-0.25, -0.2) is 0 Å². The minimum Gasteiger partial charge on any atom is -0.323 e. The number of thioether (sulfide) groups is 1. The molecule has 3 heteroatoms. The Morgan fingerprint density at radius 1 is 1.15 bits per heavy atom. The van der Waals surface area contributed by atoms with Gasteiger partial charge >= 0.3 is 0 Å². The molecular weight excluding hydrogens is 264 g/mol. The molecule has 0 fully saturated rings. The molecular formula is C17H22N2S. The average molecular weight is 286 g/mol. The van der Waals surface area contributed by atoms with Crippen LogP contribution in [0.5, 0.6) is 0 Å². The quantitative estimate of drug-likeness (QED) is 0.828. The van der Waals surface area contributed by atoms with E-state index in [2.05, 4.69) is 50.0 Å². The Morgan fingerprint density at radius 3 is 2.40 bits per heavy atom. The molecule has 1 aromatic carbocycles. The van der Waals surface area contributed by atoms with Crippen LogP contribution < -0.4 is 5.73 Å². The van der Waals surface area contributed by atoms with Crippen LogP contribution >= 0.6 is 11.8 Å². The number of hydrogen-bond acceptors (Lipinski definition) is 3. The molecule has 0 radical (unpaired) electrons. The fraction of sp³-hybridized carbons (Fsp3) is 0.353. The third-order valence-electron chi connectivity index (χ3n) is 3.27. The topological polar surface area (TPSA) is 38.9 Å². The van der Waals surface area contributed by atoms with E-state index in [-0.39, 0.29) is 6.04 Å². The predicted molar refractivity (Wildman–Crippen MR) is 86.9 cm³/mol. The van der Waals surface area contributed by atoms with E-state index in [1.165, 1.54) is 21.6 Å². The predicted octanol–water partition coefficient (Wildman–Crippen LogP) is 4.40. The van der Waals surface area contributed by atoms with Crippen molar-refractivity contribution >= 4 is 11.8 Å². The molecule has 0 spiro atoms. The van der Waals surface area contributed by atoms with E-state index in [9.17, 15) is 0 Å². The fourth-order valence-corrected chi connectivity index (χ4v) is 3.02. The van der Waals surface area contributed by atoms with Crippen molar-refractivity contribution in [2.45, 2.75) is 43.9 Å². The highest BCUT2D eigenvalue weighted by Gasteiger charge is 2.05. The lowest BCUT2D eigenvalue weighted by Crippen LogP contribution is -2.10. The molecule has 20 heavy (non-hydrogen) atoms. The zero-order chi connectivity index (χ0) is 14.5. The molecule has 0 aliphatic rings. The van der Waals surface area contributed by atoms with Crippen molar-refractivity contribution in [1.29, 1.82) is 0 Å². The van der Waals surface area contributed by atoms with Crippen LogP contribution in [0.1, 0.15) is 41.8 Å². The van der Waals surface area contributed by atoms with Crippen molar-refractivity contribution in [2.24, 2.45) is 5.73 Å². The molecule has 2 rings (SSSR count). The maximum atomic E-state index is 5.97. The van der Waals surface area contributed by atoms with Gasteiger partial charge in [0.2, 0.25) is 0 Å². The van der Waals surface area contributed by atoms with Crippen LogP contribution in [0.25, 0.3) is 0 Å². The van der Waals surface area contributed by atoms with Crippen molar-refractivity contribution in [1.82, 2.24) is 4.98 Å². The lowest BCUT2D eigenvalue weighted by atomic mass is 10.1. The number of nitrogens with zero attached hydrogens (tertiary/aromatic N) is 1. The molecule has 1 aromatic heterocycles. The summed E-state index contributed by atoms with van der Waals surface area (Å²) in [7, 11) is 0. The maximum absolute atomic E-state index is 5.97. The molecule has 2 aromatic rings. The van der Waals surface area contributed by atoms with Gasteiger partial charge in [-0.3, -0.25) is 4.98 Å². The standard InChI is InChI=1S/C17H22N2S/c1-4-16(18)17-6-5-15(10-19-17)20-11-14-8-12(2)7-13(3)9-14/h5-10,16H,4,11,18H2,1-3H3/t16-/m0/s1. The van der Waals surface area contributed by atoms with Crippen LogP contribution in [0, 0.1) is 13.8 Å². The number of nitrogens with two attached hydrogens (primary N) is 1. The fourth-order valence-electron chi connectivity index (χ4n) is 2.22. The second-order valence-electron chi connectivity index (χ2n) is 5.22. The van der Waals surface area contributed by atoms with Gasteiger partial charge in [-0.2, -0.15) is 0 Å². The van der Waals surface area contributed by atoms with E-state index in [1.54, 1.807) is 0 Å². The third kappa shape index (κ3) is 4.09. The minimum absolute atomic E-state index is 0.0495. The van der Waals surface area contributed by atoms with Gasteiger partial charge in [0, 0.05) is 22.9 Å².